The van der Waals surface area contributed by atoms with E-state index in [-0.39, 0.29) is 0 Å². The van der Waals surface area contributed by atoms with Gasteiger partial charge in [-0.3, -0.25) is 4.90 Å². The van der Waals surface area contributed by atoms with Crippen LogP contribution in [-0.2, 0) is 4.74 Å². The fraction of sp³-hybridized carbons (Fsp3) is 0.632. The van der Waals surface area contributed by atoms with Crippen LogP contribution in [-0.4, -0.2) is 81.3 Å². The maximum atomic E-state index is 10.8. The lowest BCUT2D eigenvalue weighted by atomic mass is 9.94. The van der Waals surface area contributed by atoms with Gasteiger partial charge in [-0.05, 0) is 17.9 Å². The summed E-state index contributed by atoms with van der Waals surface area (Å²) < 4.78 is 7.16. The molecule has 3 saturated heterocycles. The van der Waals surface area contributed by atoms with E-state index < -0.39 is 5.60 Å². The smallest absolute Gasteiger partial charge is 0.158 e. The maximum absolute atomic E-state index is 10.8. The van der Waals surface area contributed by atoms with Gasteiger partial charge in [0.05, 0.1) is 5.60 Å². The zero-order valence-corrected chi connectivity index (χ0v) is 15.4. The topological polar surface area (TPSA) is 79.5 Å². The molecule has 2 aromatic heterocycles. The zero-order valence-electron chi connectivity index (χ0n) is 15.4. The SMILES string of the molecule is OC1(CN2CC3CN(c4cc(-n5cccn5)ncn4)CC3C2)CCOCC1. The van der Waals surface area contributed by atoms with Crippen molar-refractivity contribution in [3.63, 3.8) is 0 Å². The third kappa shape index (κ3) is 3.44. The molecule has 8 nitrogen and oxygen atoms in total. The summed E-state index contributed by atoms with van der Waals surface area (Å²) in [6.07, 6.45) is 6.77. The summed E-state index contributed by atoms with van der Waals surface area (Å²) in [5, 5.41) is 15.0. The molecule has 0 bridgehead atoms. The molecule has 2 aromatic rings. The van der Waals surface area contributed by atoms with Crippen molar-refractivity contribution in [2.45, 2.75) is 18.4 Å². The van der Waals surface area contributed by atoms with E-state index in [1.165, 1.54) is 0 Å². The Hall–Kier alpha value is -2.03. The molecule has 144 valence electrons. The van der Waals surface area contributed by atoms with E-state index in [4.69, 9.17) is 4.74 Å². The molecule has 2 unspecified atom stereocenters. The van der Waals surface area contributed by atoms with Crippen LogP contribution >= 0.6 is 0 Å². The van der Waals surface area contributed by atoms with E-state index in [1.54, 1.807) is 17.2 Å². The first-order chi connectivity index (χ1) is 13.2. The number of rotatable bonds is 4. The highest BCUT2D eigenvalue weighted by molar-refractivity contribution is 5.44. The summed E-state index contributed by atoms with van der Waals surface area (Å²) in [5.41, 5.74) is -0.568. The Morgan fingerprint density at radius 1 is 1.07 bits per heavy atom. The number of nitrogens with zero attached hydrogens (tertiary/aromatic N) is 6. The molecule has 3 aliphatic rings. The van der Waals surface area contributed by atoms with Gasteiger partial charge >= 0.3 is 0 Å². The fourth-order valence-electron chi connectivity index (χ4n) is 4.77. The van der Waals surface area contributed by atoms with E-state index in [0.29, 0.717) is 25.0 Å². The largest absolute Gasteiger partial charge is 0.388 e. The highest BCUT2D eigenvalue weighted by Crippen LogP contribution is 2.35. The van der Waals surface area contributed by atoms with E-state index in [2.05, 4.69) is 24.9 Å². The molecule has 5 rings (SSSR count). The molecular weight excluding hydrogens is 344 g/mol. The standard InChI is InChI=1S/C19H26N6O2/c26-19(2-6-27-7-3-19)13-23-9-15-11-24(12-16(15)10-23)17-8-18(21-14-20-17)25-5-1-4-22-25/h1,4-5,8,14-16,26H,2-3,6-7,9-13H2. The highest BCUT2D eigenvalue weighted by Gasteiger charge is 2.43. The molecular formula is C19H26N6O2. The molecule has 3 fully saturated rings. The molecule has 27 heavy (non-hydrogen) atoms. The average Bonchev–Trinajstić information content (AvgIpc) is 3.38. The lowest BCUT2D eigenvalue weighted by Gasteiger charge is -2.36. The molecule has 8 heteroatoms. The van der Waals surface area contributed by atoms with Crippen molar-refractivity contribution in [3.8, 4) is 5.82 Å². The molecule has 5 heterocycles. The molecule has 2 atom stereocenters. The minimum atomic E-state index is -0.568. The Balaban J connectivity index is 1.22. The number of aromatic nitrogens is 4. The first-order valence-electron chi connectivity index (χ1n) is 9.78. The number of hydrogen-bond donors (Lipinski definition) is 1. The number of β-amino-alcohol motifs (C(OH)–C–C–N with tert-alkyl or cyclic N) is 1. The van der Waals surface area contributed by atoms with Crippen LogP contribution in [0.15, 0.2) is 30.9 Å². The zero-order chi connectivity index (χ0) is 18.3. The van der Waals surface area contributed by atoms with Gasteiger partial charge in [0.1, 0.15) is 12.1 Å². The van der Waals surface area contributed by atoms with Crippen molar-refractivity contribution in [1.29, 1.82) is 0 Å². The van der Waals surface area contributed by atoms with Crippen molar-refractivity contribution >= 4 is 5.82 Å². The highest BCUT2D eigenvalue weighted by atomic mass is 16.5. The Morgan fingerprint density at radius 3 is 2.52 bits per heavy atom. The Kier molecular flexibility index (Phi) is 4.34. The number of likely N-dealkylation sites (tertiary alicyclic amines) is 1. The monoisotopic (exact) mass is 370 g/mol. The third-order valence-corrected chi connectivity index (χ3v) is 6.20. The third-order valence-electron chi connectivity index (χ3n) is 6.20. The fourth-order valence-corrected chi connectivity index (χ4v) is 4.77. The maximum Gasteiger partial charge on any atom is 0.158 e. The van der Waals surface area contributed by atoms with Gasteiger partial charge in [0.15, 0.2) is 5.82 Å². The first-order valence-corrected chi connectivity index (χ1v) is 9.78. The minimum absolute atomic E-state index is 0.568. The molecule has 0 aliphatic carbocycles. The summed E-state index contributed by atoms with van der Waals surface area (Å²) in [7, 11) is 0. The van der Waals surface area contributed by atoms with Crippen LogP contribution in [0.4, 0.5) is 5.82 Å². The van der Waals surface area contributed by atoms with Gasteiger partial charge in [-0.1, -0.05) is 0 Å². The first kappa shape index (κ1) is 17.1. The predicted octanol–water partition coefficient (Wildman–Crippen LogP) is 0.572. The summed E-state index contributed by atoms with van der Waals surface area (Å²) in [6.45, 7) is 6.27. The van der Waals surface area contributed by atoms with Crippen LogP contribution in [0.3, 0.4) is 0 Å². The molecule has 0 aromatic carbocycles. The Labute approximate surface area is 158 Å². The van der Waals surface area contributed by atoms with Crippen LogP contribution in [0.5, 0.6) is 0 Å². The van der Waals surface area contributed by atoms with Gasteiger partial charge < -0.3 is 14.7 Å². The van der Waals surface area contributed by atoms with Crippen molar-refractivity contribution in [2.75, 3.05) is 50.8 Å². The molecule has 0 spiro atoms. The number of hydrogen-bond acceptors (Lipinski definition) is 7. The van der Waals surface area contributed by atoms with E-state index in [0.717, 1.165) is 57.2 Å². The van der Waals surface area contributed by atoms with Crippen molar-refractivity contribution in [3.05, 3.63) is 30.9 Å². The average molecular weight is 370 g/mol. The molecule has 3 aliphatic heterocycles. The number of anilines is 1. The van der Waals surface area contributed by atoms with E-state index in [1.807, 2.05) is 18.3 Å². The van der Waals surface area contributed by atoms with E-state index >= 15 is 0 Å². The van der Waals surface area contributed by atoms with Crippen molar-refractivity contribution in [1.82, 2.24) is 24.6 Å². The van der Waals surface area contributed by atoms with Crippen LogP contribution in [0.2, 0.25) is 0 Å². The van der Waals surface area contributed by atoms with Crippen LogP contribution in [0, 0.1) is 11.8 Å². The summed E-state index contributed by atoms with van der Waals surface area (Å²) >= 11 is 0. The van der Waals surface area contributed by atoms with Crippen LogP contribution in [0.25, 0.3) is 5.82 Å². The van der Waals surface area contributed by atoms with Gasteiger partial charge in [0.25, 0.3) is 0 Å². The van der Waals surface area contributed by atoms with Crippen LogP contribution in [0.1, 0.15) is 12.8 Å². The second-order valence-electron chi connectivity index (χ2n) is 8.14. The Morgan fingerprint density at radius 2 is 1.81 bits per heavy atom. The van der Waals surface area contributed by atoms with Gasteiger partial charge in [0, 0.05) is 77.2 Å². The number of aliphatic hydroxyl groups is 1. The van der Waals surface area contributed by atoms with Gasteiger partial charge in [-0.2, -0.15) is 5.10 Å². The summed E-state index contributed by atoms with van der Waals surface area (Å²) in [4.78, 5) is 13.6. The van der Waals surface area contributed by atoms with Gasteiger partial charge in [0.2, 0.25) is 0 Å². The van der Waals surface area contributed by atoms with Gasteiger partial charge in [-0.15, -0.1) is 0 Å². The Bertz CT molecular complexity index is 762. The molecule has 0 amide bonds. The second-order valence-corrected chi connectivity index (χ2v) is 8.14. The quantitative estimate of drug-likeness (QED) is 0.843. The normalized spacial score (nSPS) is 27.8. The van der Waals surface area contributed by atoms with Crippen molar-refractivity contribution < 1.29 is 9.84 Å². The predicted molar refractivity (Wildman–Crippen MR) is 99.8 cm³/mol. The van der Waals surface area contributed by atoms with Crippen LogP contribution < -0.4 is 4.90 Å². The van der Waals surface area contributed by atoms with Crippen molar-refractivity contribution in [2.24, 2.45) is 11.8 Å². The number of ether oxygens (including phenoxy) is 1. The molecule has 1 N–H and O–H groups in total. The van der Waals surface area contributed by atoms with Gasteiger partial charge in [-0.25, -0.2) is 14.6 Å². The second kappa shape index (κ2) is 6.85. The summed E-state index contributed by atoms with van der Waals surface area (Å²) in [5.74, 6) is 3.04. The number of fused-ring (bicyclic) bond motifs is 1. The summed E-state index contributed by atoms with van der Waals surface area (Å²) in [6, 6.07) is 3.90. The van der Waals surface area contributed by atoms with E-state index in [9.17, 15) is 5.11 Å². The lowest BCUT2D eigenvalue weighted by Crippen LogP contribution is -2.46. The lowest BCUT2D eigenvalue weighted by molar-refractivity contribution is -0.0778. The molecule has 0 radical (unpaired) electrons. The minimum Gasteiger partial charge on any atom is -0.388 e. The molecule has 0 saturated carbocycles.